The SMILES string of the molecule is C=CCNC(=O)C(=O)[C@@H](CCC)NC(=O)[C@@H]1[C@@H]2[C@H](CN1C(=O)[C@@H](NC(=O)C(CC(C)C)NS(C)(=O)=O)C(C)(C)C)C2(C)C. The summed E-state index contributed by atoms with van der Waals surface area (Å²) in [5.41, 5.74) is -1.000. The minimum Gasteiger partial charge on any atom is -0.346 e. The molecule has 1 saturated carbocycles. The maximum Gasteiger partial charge on any atom is 0.289 e. The molecule has 2 aliphatic rings. The largest absolute Gasteiger partial charge is 0.346 e. The number of sulfonamides is 1. The van der Waals surface area contributed by atoms with Crippen molar-refractivity contribution in [3.05, 3.63) is 12.7 Å². The minimum atomic E-state index is -3.71. The summed E-state index contributed by atoms with van der Waals surface area (Å²) in [6.07, 6.45) is 3.43. The Morgan fingerprint density at radius 1 is 1.07 bits per heavy atom. The summed E-state index contributed by atoms with van der Waals surface area (Å²) in [4.78, 5) is 68.1. The summed E-state index contributed by atoms with van der Waals surface area (Å²) in [7, 11) is -3.71. The van der Waals surface area contributed by atoms with Gasteiger partial charge in [-0.15, -0.1) is 6.58 Å². The van der Waals surface area contributed by atoms with Gasteiger partial charge >= 0.3 is 0 Å². The van der Waals surface area contributed by atoms with Gasteiger partial charge in [0.25, 0.3) is 5.91 Å². The van der Waals surface area contributed by atoms with Crippen molar-refractivity contribution in [1.82, 2.24) is 25.6 Å². The van der Waals surface area contributed by atoms with Crippen molar-refractivity contribution in [1.29, 1.82) is 0 Å². The maximum atomic E-state index is 14.2. The number of likely N-dealkylation sites (tertiary alicyclic amines) is 1. The fourth-order valence-corrected chi connectivity index (χ4v) is 6.75. The van der Waals surface area contributed by atoms with Crippen molar-refractivity contribution >= 4 is 39.4 Å². The van der Waals surface area contributed by atoms with Gasteiger partial charge in [0, 0.05) is 13.1 Å². The maximum absolute atomic E-state index is 14.2. The number of carbonyl (C=O) groups is 5. The normalized spacial score (nSPS) is 23.0. The highest BCUT2D eigenvalue weighted by Crippen LogP contribution is 2.65. The zero-order valence-corrected chi connectivity index (χ0v) is 27.9. The average molecular weight is 626 g/mol. The van der Waals surface area contributed by atoms with E-state index in [-0.39, 0.29) is 42.6 Å². The number of carbonyl (C=O) groups excluding carboxylic acids is 5. The van der Waals surface area contributed by atoms with Crippen LogP contribution < -0.4 is 20.7 Å². The number of piperidine rings is 1. The molecule has 1 aliphatic carbocycles. The van der Waals surface area contributed by atoms with Crippen molar-refractivity contribution < 1.29 is 32.4 Å². The first-order chi connectivity index (χ1) is 19.7. The molecule has 0 aromatic heterocycles. The van der Waals surface area contributed by atoms with Crippen LogP contribution in [0.4, 0.5) is 0 Å². The van der Waals surface area contributed by atoms with Crippen LogP contribution in [0.3, 0.4) is 0 Å². The fraction of sp³-hybridized carbons (Fsp3) is 0.767. The molecule has 0 spiro atoms. The van der Waals surface area contributed by atoms with E-state index < -0.39 is 69.0 Å². The Balaban J connectivity index is 2.36. The van der Waals surface area contributed by atoms with Gasteiger partial charge < -0.3 is 20.9 Å². The lowest BCUT2D eigenvalue weighted by atomic mass is 9.84. The highest BCUT2D eigenvalue weighted by molar-refractivity contribution is 7.88. The number of fused-ring (bicyclic) bond motifs is 1. The third-order valence-electron chi connectivity index (χ3n) is 8.38. The summed E-state index contributed by atoms with van der Waals surface area (Å²) in [6, 6.07) is -4.11. The Morgan fingerprint density at radius 2 is 1.67 bits per heavy atom. The molecule has 0 bridgehead atoms. The number of hydrogen-bond donors (Lipinski definition) is 4. The average Bonchev–Trinajstić information content (AvgIpc) is 3.20. The molecule has 6 atom stereocenters. The molecule has 13 heteroatoms. The summed E-state index contributed by atoms with van der Waals surface area (Å²) >= 11 is 0. The van der Waals surface area contributed by atoms with E-state index in [4.69, 9.17) is 0 Å². The van der Waals surface area contributed by atoms with Gasteiger partial charge in [-0.2, -0.15) is 0 Å². The third kappa shape index (κ3) is 9.10. The van der Waals surface area contributed by atoms with Gasteiger partial charge in [-0.05, 0) is 41.4 Å². The van der Waals surface area contributed by atoms with Crippen LogP contribution in [0.2, 0.25) is 0 Å². The molecule has 1 saturated heterocycles. The van der Waals surface area contributed by atoms with Crippen molar-refractivity contribution in [3.8, 4) is 0 Å². The Morgan fingerprint density at radius 3 is 2.16 bits per heavy atom. The molecule has 2 fully saturated rings. The van der Waals surface area contributed by atoms with Crippen LogP contribution in [0.1, 0.15) is 74.7 Å². The van der Waals surface area contributed by atoms with Crippen LogP contribution in [-0.4, -0.2) is 86.2 Å². The van der Waals surface area contributed by atoms with Crippen LogP contribution in [0.25, 0.3) is 0 Å². The Labute approximate surface area is 256 Å². The van der Waals surface area contributed by atoms with Crippen LogP contribution in [0.15, 0.2) is 12.7 Å². The van der Waals surface area contributed by atoms with Gasteiger partial charge in [-0.25, -0.2) is 13.1 Å². The lowest BCUT2D eigenvalue weighted by molar-refractivity contribution is -0.146. The number of hydrogen-bond acceptors (Lipinski definition) is 7. The summed E-state index contributed by atoms with van der Waals surface area (Å²) in [5.74, 6) is -3.34. The third-order valence-corrected chi connectivity index (χ3v) is 9.09. The van der Waals surface area contributed by atoms with E-state index in [1.165, 1.54) is 11.0 Å². The summed E-state index contributed by atoms with van der Waals surface area (Å²) in [5, 5.41) is 7.98. The molecule has 244 valence electrons. The lowest BCUT2D eigenvalue weighted by Crippen LogP contribution is -2.62. The van der Waals surface area contributed by atoms with Crippen LogP contribution in [-0.2, 0) is 34.0 Å². The van der Waals surface area contributed by atoms with E-state index in [1.807, 2.05) is 34.6 Å². The smallest absolute Gasteiger partial charge is 0.289 e. The van der Waals surface area contributed by atoms with E-state index >= 15 is 0 Å². The zero-order valence-electron chi connectivity index (χ0n) is 27.1. The monoisotopic (exact) mass is 625 g/mol. The molecule has 12 nitrogen and oxygen atoms in total. The van der Waals surface area contributed by atoms with Crippen molar-refractivity contribution in [3.63, 3.8) is 0 Å². The van der Waals surface area contributed by atoms with E-state index in [1.54, 1.807) is 20.8 Å². The number of nitrogens with one attached hydrogen (secondary N) is 4. The fourth-order valence-electron chi connectivity index (χ4n) is 6.03. The summed E-state index contributed by atoms with van der Waals surface area (Å²) in [6.45, 7) is 18.9. The molecule has 0 aromatic rings. The van der Waals surface area contributed by atoms with Crippen molar-refractivity contribution in [2.45, 2.75) is 98.8 Å². The van der Waals surface area contributed by atoms with Crippen LogP contribution in [0.5, 0.6) is 0 Å². The quantitative estimate of drug-likeness (QED) is 0.156. The number of nitrogens with zero attached hydrogens (tertiary/aromatic N) is 1. The van der Waals surface area contributed by atoms with Gasteiger partial charge in [-0.3, -0.25) is 24.0 Å². The van der Waals surface area contributed by atoms with Gasteiger partial charge in [-0.1, -0.05) is 67.9 Å². The molecule has 1 aliphatic heterocycles. The van der Waals surface area contributed by atoms with Gasteiger partial charge in [0.2, 0.25) is 33.5 Å². The highest BCUT2D eigenvalue weighted by Gasteiger charge is 2.70. The molecular formula is C30H51N5O7S. The van der Waals surface area contributed by atoms with E-state index in [2.05, 4.69) is 27.3 Å². The standard InChI is InChI=1S/C30H51N5O7S/c1-11-13-19(23(36)27(39)31-14-12-2)32-26(38)22-21-18(30(21,8)9)16-35(22)28(40)24(29(5,6)7)33-25(37)20(15-17(3)4)34-43(10,41)42/h12,17-22,24,34H,2,11,13-16H2,1,3-10H3,(H,31,39)(H,32,38)(H,33,37)/t18-,19+,20?,21-,22-,24+/m0/s1. The first kappa shape index (κ1) is 36.4. The number of Topliss-reactive ketones (excluding diaryl/α,β-unsaturated/α-hetero) is 1. The van der Waals surface area contributed by atoms with Gasteiger partial charge in [0.05, 0.1) is 12.3 Å². The Kier molecular flexibility index (Phi) is 11.7. The molecule has 0 aromatic carbocycles. The Bertz CT molecular complexity index is 1210. The molecular weight excluding hydrogens is 574 g/mol. The second kappa shape index (κ2) is 13.9. The van der Waals surface area contributed by atoms with Crippen molar-refractivity contribution in [2.24, 2.45) is 28.6 Å². The molecule has 1 unspecified atom stereocenters. The topological polar surface area (TPSA) is 171 Å². The molecule has 1 heterocycles. The zero-order chi connectivity index (χ0) is 33.1. The minimum absolute atomic E-state index is 0.00702. The molecule has 43 heavy (non-hydrogen) atoms. The van der Waals surface area contributed by atoms with Gasteiger partial charge in [0.1, 0.15) is 18.1 Å². The van der Waals surface area contributed by atoms with E-state index in [0.717, 1.165) is 6.26 Å². The lowest BCUT2D eigenvalue weighted by Gasteiger charge is -2.38. The summed E-state index contributed by atoms with van der Waals surface area (Å²) < 4.78 is 26.3. The second-order valence-corrected chi connectivity index (χ2v) is 15.8. The predicted molar refractivity (Wildman–Crippen MR) is 164 cm³/mol. The molecule has 4 N–H and O–H groups in total. The van der Waals surface area contributed by atoms with Gasteiger partial charge in [0.15, 0.2) is 0 Å². The highest BCUT2D eigenvalue weighted by atomic mass is 32.2. The number of ketones is 1. The number of amides is 4. The first-order valence-electron chi connectivity index (χ1n) is 15.0. The Hall–Kier alpha value is -2.80. The predicted octanol–water partition coefficient (Wildman–Crippen LogP) is 1.12. The van der Waals surface area contributed by atoms with Crippen LogP contribution >= 0.6 is 0 Å². The van der Waals surface area contributed by atoms with Crippen LogP contribution in [0, 0.1) is 28.6 Å². The number of rotatable bonds is 15. The van der Waals surface area contributed by atoms with E-state index in [0.29, 0.717) is 13.0 Å². The van der Waals surface area contributed by atoms with Crippen molar-refractivity contribution in [2.75, 3.05) is 19.3 Å². The molecule has 4 amide bonds. The first-order valence-corrected chi connectivity index (χ1v) is 16.9. The molecule has 0 radical (unpaired) electrons. The second-order valence-electron chi connectivity index (χ2n) is 14.0. The van der Waals surface area contributed by atoms with E-state index in [9.17, 15) is 32.4 Å². The molecule has 2 rings (SSSR count).